The number of hydrogen-bond donors (Lipinski definition) is 2. The molecule has 39 heavy (non-hydrogen) atoms. The minimum absolute atomic E-state index is 0.0754. The first-order chi connectivity index (χ1) is 18.6. The second-order valence-electron chi connectivity index (χ2n) is 10.6. The van der Waals surface area contributed by atoms with Crippen LogP contribution in [0.3, 0.4) is 0 Å². The third-order valence-electron chi connectivity index (χ3n) is 7.33. The lowest BCUT2D eigenvalue weighted by Crippen LogP contribution is -2.33. The number of carboxylic acid groups (broad SMARTS) is 1. The number of benzene rings is 1. The fourth-order valence-corrected chi connectivity index (χ4v) is 6.26. The lowest BCUT2D eigenvalue weighted by molar-refractivity contribution is -0.165. The van der Waals surface area contributed by atoms with Crippen molar-refractivity contribution >= 4 is 34.8 Å². The van der Waals surface area contributed by atoms with Crippen LogP contribution in [-0.4, -0.2) is 77.2 Å². The van der Waals surface area contributed by atoms with Gasteiger partial charge in [-0.3, -0.25) is 4.90 Å². The summed E-state index contributed by atoms with van der Waals surface area (Å²) >= 11 is 1.38. The van der Waals surface area contributed by atoms with Crippen LogP contribution in [0.15, 0.2) is 23.4 Å². The van der Waals surface area contributed by atoms with Crippen molar-refractivity contribution < 1.29 is 33.3 Å². The molecular weight excluding hydrogens is 534 g/mol. The number of aromatic nitrogens is 5. The van der Waals surface area contributed by atoms with Crippen LogP contribution in [0, 0.1) is 11.6 Å². The van der Waals surface area contributed by atoms with Gasteiger partial charge >= 0.3 is 6.09 Å². The van der Waals surface area contributed by atoms with Crippen molar-refractivity contribution in [3.05, 3.63) is 35.4 Å². The molecule has 14 heteroatoms. The molecule has 1 saturated heterocycles. The molecule has 6 atom stereocenters. The first-order valence-electron chi connectivity index (χ1n) is 12.8. The second kappa shape index (κ2) is 9.61. The van der Waals surface area contributed by atoms with Crippen LogP contribution in [0.4, 0.5) is 19.4 Å². The highest BCUT2D eigenvalue weighted by molar-refractivity contribution is 7.99. The predicted octanol–water partition coefficient (Wildman–Crippen LogP) is 3.87. The van der Waals surface area contributed by atoms with Crippen molar-refractivity contribution in [3.63, 3.8) is 0 Å². The van der Waals surface area contributed by atoms with E-state index in [-0.39, 0.29) is 17.3 Å². The number of hydrogen-bond acceptors (Lipinski definition) is 9. The van der Waals surface area contributed by atoms with Crippen molar-refractivity contribution in [1.82, 2.24) is 25.0 Å². The highest BCUT2D eigenvalue weighted by Gasteiger charge is 2.55. The molecule has 1 aromatic carbocycles. The smallest absolute Gasteiger partial charge is 0.413 e. The molecule has 11 nitrogen and oxygen atoms in total. The molecule has 3 aliphatic rings. The normalized spacial score (nSPS) is 29.1. The Balaban J connectivity index is 1.41. The van der Waals surface area contributed by atoms with E-state index in [1.54, 1.807) is 18.5 Å². The van der Waals surface area contributed by atoms with Crippen LogP contribution in [0.5, 0.6) is 0 Å². The number of rotatable bonds is 7. The summed E-state index contributed by atoms with van der Waals surface area (Å²) in [5.74, 6) is -2.37. The fourth-order valence-electron chi connectivity index (χ4n) is 5.57. The molecular formula is C25H28F2N6O5S. The molecule has 3 aromatic rings. The fraction of sp³-hybridized carbons (Fsp3) is 0.560. The number of amides is 1. The van der Waals surface area contributed by atoms with Gasteiger partial charge in [0.05, 0.1) is 12.1 Å². The highest BCUT2D eigenvalue weighted by atomic mass is 32.2. The summed E-state index contributed by atoms with van der Waals surface area (Å²) in [4.78, 5) is 22.9. The Bertz CT molecular complexity index is 1440. The van der Waals surface area contributed by atoms with E-state index in [0.717, 1.165) is 23.5 Å². The van der Waals surface area contributed by atoms with E-state index in [4.69, 9.17) is 9.47 Å². The van der Waals surface area contributed by atoms with E-state index in [2.05, 4.69) is 20.3 Å². The first-order valence-corrected chi connectivity index (χ1v) is 13.8. The minimum atomic E-state index is -1.25. The molecule has 208 valence electrons. The largest absolute Gasteiger partial charge is 0.465 e. The molecule has 3 heterocycles. The maximum atomic E-state index is 13.9. The van der Waals surface area contributed by atoms with Crippen LogP contribution in [0.25, 0.3) is 11.2 Å². The molecule has 2 aliphatic carbocycles. The Kier molecular flexibility index (Phi) is 6.48. The Labute approximate surface area is 226 Å². The van der Waals surface area contributed by atoms with Crippen molar-refractivity contribution in [2.24, 2.45) is 0 Å². The lowest BCUT2D eigenvalue weighted by atomic mass is 10.1. The first kappa shape index (κ1) is 26.3. The van der Waals surface area contributed by atoms with Crippen LogP contribution < -0.4 is 4.90 Å². The molecule has 0 radical (unpaired) electrons. The minimum Gasteiger partial charge on any atom is -0.465 e. The van der Waals surface area contributed by atoms with Crippen LogP contribution in [0.2, 0.25) is 0 Å². The van der Waals surface area contributed by atoms with Gasteiger partial charge in [0.15, 0.2) is 39.6 Å². The van der Waals surface area contributed by atoms with Gasteiger partial charge in [0.1, 0.15) is 12.2 Å². The van der Waals surface area contributed by atoms with Gasteiger partial charge in [-0.2, -0.15) is 0 Å². The molecule has 6 rings (SSSR count). The summed E-state index contributed by atoms with van der Waals surface area (Å²) in [5.41, 5.74) is 1.01. The number of ether oxygens (including phenoxy) is 2. The molecule has 1 amide bonds. The number of aliphatic hydroxyl groups excluding tert-OH is 1. The summed E-state index contributed by atoms with van der Waals surface area (Å²) in [7, 11) is 0. The number of anilines is 1. The summed E-state index contributed by atoms with van der Waals surface area (Å²) in [6, 6.07) is 2.60. The summed E-state index contributed by atoms with van der Waals surface area (Å²) in [6.07, 6.45) is -1.52. The van der Waals surface area contributed by atoms with Crippen molar-refractivity contribution in [2.45, 2.75) is 87.3 Å². The molecule has 2 N–H and O–H groups in total. The standard InChI is InChI=1S/C25H28F2N6O5S/c1-4-7-39-23-28-21(32(24(35)36)15-9-12(15)11-5-6-13(26)14(27)8-11)18-22(29-23)33(31-30-18)16-10-17(34)20-19(16)37-25(2,3)38-20/h5-6,8,12,15-17,19-20,34H,4,7,9-10H2,1-3H3,(H,35,36)/t12-,15+,16+,17-,19-,20+/m0/s1. The molecule has 0 spiro atoms. The van der Waals surface area contributed by atoms with Crippen molar-refractivity contribution in [3.8, 4) is 0 Å². The van der Waals surface area contributed by atoms with Gasteiger partial charge in [-0.05, 0) is 44.4 Å². The van der Waals surface area contributed by atoms with Crippen LogP contribution >= 0.6 is 11.8 Å². The third kappa shape index (κ3) is 4.62. The van der Waals surface area contributed by atoms with E-state index in [1.165, 1.54) is 17.8 Å². The van der Waals surface area contributed by atoms with Gasteiger partial charge in [-0.1, -0.05) is 30.0 Å². The zero-order valence-corrected chi connectivity index (χ0v) is 22.3. The molecule has 1 aliphatic heterocycles. The van der Waals surface area contributed by atoms with Crippen LogP contribution in [-0.2, 0) is 9.47 Å². The van der Waals surface area contributed by atoms with Gasteiger partial charge in [-0.15, -0.1) is 5.10 Å². The Morgan fingerprint density at radius 3 is 2.69 bits per heavy atom. The number of thioether (sulfide) groups is 1. The molecule has 0 unspecified atom stereocenters. The maximum Gasteiger partial charge on any atom is 0.413 e. The molecule has 2 aromatic heterocycles. The van der Waals surface area contributed by atoms with E-state index in [9.17, 15) is 23.8 Å². The number of fused-ring (bicyclic) bond motifs is 2. The van der Waals surface area contributed by atoms with Gasteiger partial charge < -0.3 is 19.7 Å². The van der Waals surface area contributed by atoms with Gasteiger partial charge in [-0.25, -0.2) is 28.2 Å². The SMILES string of the molecule is CCCSc1nc(N(C(=O)O)[C@@H]2C[C@H]2c2ccc(F)c(F)c2)c2nnn([C@@H]3C[C@H](O)[C@H]4OC(C)(C)O[C@H]43)c2n1. The summed E-state index contributed by atoms with van der Waals surface area (Å²) in [6.45, 7) is 5.56. The number of carbonyl (C=O) groups is 1. The Hall–Kier alpha value is -2.94. The van der Waals surface area contributed by atoms with Crippen molar-refractivity contribution in [1.29, 1.82) is 0 Å². The topological polar surface area (TPSA) is 136 Å². The monoisotopic (exact) mass is 562 g/mol. The zero-order chi connectivity index (χ0) is 27.6. The average Bonchev–Trinajstić information content (AvgIpc) is 3.28. The predicted molar refractivity (Wildman–Crippen MR) is 136 cm³/mol. The second-order valence-corrected chi connectivity index (χ2v) is 11.6. The number of aliphatic hydroxyl groups is 1. The van der Waals surface area contributed by atoms with Crippen molar-refractivity contribution in [2.75, 3.05) is 10.7 Å². The Morgan fingerprint density at radius 2 is 1.97 bits per heavy atom. The maximum absolute atomic E-state index is 13.9. The van der Waals surface area contributed by atoms with Gasteiger partial charge in [0.25, 0.3) is 0 Å². The molecule has 3 fully saturated rings. The van der Waals surface area contributed by atoms with E-state index >= 15 is 0 Å². The summed E-state index contributed by atoms with van der Waals surface area (Å²) in [5, 5.41) is 29.9. The molecule has 0 bridgehead atoms. The average molecular weight is 563 g/mol. The number of halogens is 2. The lowest BCUT2D eigenvalue weighted by Gasteiger charge is -2.22. The number of nitrogens with zero attached hydrogens (tertiary/aromatic N) is 6. The third-order valence-corrected chi connectivity index (χ3v) is 8.39. The Morgan fingerprint density at radius 1 is 1.21 bits per heavy atom. The van der Waals surface area contributed by atoms with E-state index < -0.39 is 53.9 Å². The van der Waals surface area contributed by atoms with Gasteiger partial charge in [0.2, 0.25) is 0 Å². The van der Waals surface area contributed by atoms with E-state index in [1.807, 2.05) is 6.92 Å². The zero-order valence-electron chi connectivity index (χ0n) is 21.5. The quantitative estimate of drug-likeness (QED) is 0.323. The highest BCUT2D eigenvalue weighted by Crippen LogP contribution is 2.48. The van der Waals surface area contributed by atoms with Gasteiger partial charge in [0, 0.05) is 24.1 Å². The van der Waals surface area contributed by atoms with E-state index in [0.29, 0.717) is 35.0 Å². The summed E-state index contributed by atoms with van der Waals surface area (Å²) < 4.78 is 40.9. The van der Waals surface area contributed by atoms with Crippen LogP contribution in [0.1, 0.15) is 57.6 Å². The molecule has 2 saturated carbocycles.